The molecule has 214 valence electrons. The van der Waals surface area contributed by atoms with Crippen LogP contribution in [-0.2, 0) is 26.0 Å². The number of nitrogens with one attached hydrogen (secondary N) is 1. The highest BCUT2D eigenvalue weighted by atomic mass is 35.5. The number of hydrogen-bond acceptors (Lipinski definition) is 5. The van der Waals surface area contributed by atoms with E-state index in [1.165, 1.54) is 30.2 Å². The summed E-state index contributed by atoms with van der Waals surface area (Å²) in [7, 11) is -2.69. The van der Waals surface area contributed by atoms with Crippen LogP contribution in [-0.4, -0.2) is 57.9 Å². The molecule has 3 aromatic carbocycles. The van der Waals surface area contributed by atoms with Gasteiger partial charge >= 0.3 is 0 Å². The molecule has 0 aromatic heterocycles. The van der Waals surface area contributed by atoms with E-state index >= 15 is 0 Å². The molecule has 1 atom stereocenters. The molecule has 0 aliphatic carbocycles. The Balaban J connectivity index is 1.95. The van der Waals surface area contributed by atoms with Crippen LogP contribution >= 0.6 is 11.6 Å². The van der Waals surface area contributed by atoms with Gasteiger partial charge in [0, 0.05) is 18.1 Å². The van der Waals surface area contributed by atoms with Gasteiger partial charge in [-0.15, -0.1) is 0 Å². The first-order valence-electron chi connectivity index (χ1n) is 13.2. The number of hydrogen-bond donors (Lipinski definition) is 1. The first-order chi connectivity index (χ1) is 19.2. The second-order valence-electron chi connectivity index (χ2n) is 9.31. The van der Waals surface area contributed by atoms with Crippen LogP contribution < -0.4 is 14.4 Å². The third-order valence-electron chi connectivity index (χ3n) is 6.50. The van der Waals surface area contributed by atoms with E-state index in [1.807, 2.05) is 37.3 Å². The number of carbonyl (C=O) groups is 2. The van der Waals surface area contributed by atoms with Gasteiger partial charge in [0.15, 0.2) is 0 Å². The number of nitrogens with zero attached hydrogens (tertiary/aromatic N) is 2. The summed E-state index contributed by atoms with van der Waals surface area (Å²) in [6.45, 7) is 3.90. The van der Waals surface area contributed by atoms with Crippen LogP contribution in [0, 0.1) is 0 Å². The van der Waals surface area contributed by atoms with Gasteiger partial charge < -0.3 is 15.0 Å². The first kappa shape index (κ1) is 31.0. The molecule has 3 rings (SSSR count). The van der Waals surface area contributed by atoms with Crippen LogP contribution in [0.15, 0.2) is 83.8 Å². The Kier molecular flexibility index (Phi) is 11.4. The zero-order valence-corrected chi connectivity index (χ0v) is 24.6. The van der Waals surface area contributed by atoms with E-state index in [9.17, 15) is 18.0 Å². The fraction of sp³-hybridized carbons (Fsp3) is 0.333. The van der Waals surface area contributed by atoms with Crippen LogP contribution in [0.4, 0.5) is 5.69 Å². The molecule has 1 N–H and O–H groups in total. The lowest BCUT2D eigenvalue weighted by Gasteiger charge is -2.32. The summed E-state index contributed by atoms with van der Waals surface area (Å²) >= 11 is 6.21. The fourth-order valence-electron chi connectivity index (χ4n) is 4.14. The van der Waals surface area contributed by atoms with Gasteiger partial charge in [0.1, 0.15) is 18.3 Å². The lowest BCUT2D eigenvalue weighted by Crippen LogP contribution is -2.52. The maximum absolute atomic E-state index is 13.9. The highest BCUT2D eigenvalue weighted by molar-refractivity contribution is 7.92. The number of rotatable bonds is 14. The van der Waals surface area contributed by atoms with Gasteiger partial charge in [0.25, 0.3) is 10.0 Å². The SMILES string of the molecule is CCCCNC(=O)[C@H](C)N(CCc1ccccc1)C(=O)CN(c1cccc(Cl)c1)S(=O)(=O)c1ccc(OC)cc1. The molecule has 2 amide bonds. The molecule has 8 nitrogen and oxygen atoms in total. The van der Waals surface area contributed by atoms with Gasteiger partial charge in [0.2, 0.25) is 11.8 Å². The van der Waals surface area contributed by atoms with Crippen LogP contribution in [0.5, 0.6) is 5.75 Å². The zero-order chi connectivity index (χ0) is 29.1. The number of sulfonamides is 1. The Morgan fingerprint density at radius 2 is 1.70 bits per heavy atom. The quantitative estimate of drug-likeness (QED) is 0.271. The van der Waals surface area contributed by atoms with Crippen molar-refractivity contribution in [2.45, 2.75) is 44.0 Å². The van der Waals surface area contributed by atoms with Gasteiger partial charge in [-0.3, -0.25) is 13.9 Å². The van der Waals surface area contributed by atoms with Gasteiger partial charge in [0.05, 0.1) is 17.7 Å². The summed E-state index contributed by atoms with van der Waals surface area (Å²) in [5.74, 6) is -0.298. The summed E-state index contributed by atoms with van der Waals surface area (Å²) in [6, 6.07) is 21.1. The van der Waals surface area contributed by atoms with Crippen molar-refractivity contribution in [3.8, 4) is 5.75 Å². The van der Waals surface area contributed by atoms with E-state index in [0.29, 0.717) is 23.7 Å². The smallest absolute Gasteiger partial charge is 0.264 e. The second kappa shape index (κ2) is 14.7. The van der Waals surface area contributed by atoms with E-state index in [4.69, 9.17) is 16.3 Å². The summed E-state index contributed by atoms with van der Waals surface area (Å²) in [5.41, 5.74) is 1.23. The summed E-state index contributed by atoms with van der Waals surface area (Å²) in [5, 5.41) is 3.21. The van der Waals surface area contributed by atoms with Crippen LogP contribution in [0.3, 0.4) is 0 Å². The highest BCUT2D eigenvalue weighted by Crippen LogP contribution is 2.27. The van der Waals surface area contributed by atoms with E-state index in [-0.39, 0.29) is 23.0 Å². The zero-order valence-electron chi connectivity index (χ0n) is 23.0. The van der Waals surface area contributed by atoms with Crippen molar-refractivity contribution in [3.63, 3.8) is 0 Å². The van der Waals surface area contributed by atoms with Crippen LogP contribution in [0.1, 0.15) is 32.3 Å². The molecule has 40 heavy (non-hydrogen) atoms. The lowest BCUT2D eigenvalue weighted by molar-refractivity contribution is -0.138. The monoisotopic (exact) mass is 585 g/mol. The number of halogens is 1. The number of anilines is 1. The van der Waals surface area contributed by atoms with Crippen molar-refractivity contribution in [2.24, 2.45) is 0 Å². The van der Waals surface area contributed by atoms with Gasteiger partial charge in [-0.25, -0.2) is 8.42 Å². The molecule has 0 heterocycles. The van der Waals surface area contributed by atoms with Crippen molar-refractivity contribution >= 4 is 39.1 Å². The average molecular weight is 586 g/mol. The number of carbonyl (C=O) groups excluding carboxylic acids is 2. The Bertz CT molecular complexity index is 1370. The number of amides is 2. The van der Waals surface area contributed by atoms with Crippen molar-refractivity contribution in [2.75, 3.05) is 31.0 Å². The Labute approximate surface area is 241 Å². The normalized spacial score (nSPS) is 11.9. The third kappa shape index (κ3) is 8.22. The number of ether oxygens (including phenoxy) is 1. The van der Waals surface area contributed by atoms with Gasteiger partial charge in [-0.2, -0.15) is 0 Å². The first-order valence-corrected chi connectivity index (χ1v) is 15.0. The second-order valence-corrected chi connectivity index (χ2v) is 11.6. The molecule has 0 aliphatic rings. The van der Waals surface area contributed by atoms with E-state index in [0.717, 1.165) is 22.7 Å². The standard InChI is InChI=1S/C30H36ClN3O5S/c1-4-5-19-32-30(36)23(2)33(20-18-24-10-7-6-8-11-24)29(35)22-34(26-13-9-12-25(31)21-26)40(37,38)28-16-14-27(39-3)15-17-28/h6-17,21,23H,4-5,18-20,22H2,1-3H3,(H,32,36)/t23-/m0/s1. The fourth-order valence-corrected chi connectivity index (χ4v) is 5.73. The van der Waals surface area contributed by atoms with Crippen molar-refractivity contribution in [3.05, 3.63) is 89.4 Å². The summed E-state index contributed by atoms with van der Waals surface area (Å²) in [6.07, 6.45) is 2.24. The minimum absolute atomic E-state index is 0.0118. The maximum Gasteiger partial charge on any atom is 0.264 e. The molecule has 0 bridgehead atoms. The van der Waals surface area contributed by atoms with Crippen molar-refractivity contribution in [1.29, 1.82) is 0 Å². The van der Waals surface area contributed by atoms with Crippen molar-refractivity contribution < 1.29 is 22.7 Å². The van der Waals surface area contributed by atoms with E-state index in [1.54, 1.807) is 37.3 Å². The number of unbranched alkanes of at least 4 members (excludes halogenated alkanes) is 1. The molecule has 0 saturated heterocycles. The van der Waals surface area contributed by atoms with Crippen LogP contribution in [0.25, 0.3) is 0 Å². The number of methoxy groups -OCH3 is 1. The highest BCUT2D eigenvalue weighted by Gasteiger charge is 2.32. The molecule has 0 fully saturated rings. The minimum atomic E-state index is -4.18. The Morgan fingerprint density at radius 3 is 2.33 bits per heavy atom. The maximum atomic E-state index is 13.9. The van der Waals surface area contributed by atoms with Crippen molar-refractivity contribution in [1.82, 2.24) is 10.2 Å². The topological polar surface area (TPSA) is 96.0 Å². The summed E-state index contributed by atoms with van der Waals surface area (Å²) in [4.78, 5) is 28.3. The molecule has 0 unspecified atom stereocenters. The molecule has 10 heteroatoms. The Morgan fingerprint density at radius 1 is 1.00 bits per heavy atom. The molecular formula is C30H36ClN3O5S. The molecule has 0 spiro atoms. The third-order valence-corrected chi connectivity index (χ3v) is 8.53. The van der Waals surface area contributed by atoms with Gasteiger partial charge in [-0.1, -0.05) is 61.3 Å². The predicted octanol–water partition coefficient (Wildman–Crippen LogP) is 4.92. The summed E-state index contributed by atoms with van der Waals surface area (Å²) < 4.78 is 33.9. The molecule has 3 aromatic rings. The van der Waals surface area contributed by atoms with E-state index in [2.05, 4.69) is 5.32 Å². The van der Waals surface area contributed by atoms with E-state index < -0.39 is 28.5 Å². The Hall–Kier alpha value is -3.56. The predicted molar refractivity (Wildman–Crippen MR) is 158 cm³/mol. The number of benzene rings is 3. The van der Waals surface area contributed by atoms with Crippen LogP contribution in [0.2, 0.25) is 5.02 Å². The molecule has 0 saturated carbocycles. The largest absolute Gasteiger partial charge is 0.497 e. The minimum Gasteiger partial charge on any atom is -0.497 e. The van der Waals surface area contributed by atoms with Gasteiger partial charge in [-0.05, 0) is 67.8 Å². The molecule has 0 aliphatic heterocycles. The average Bonchev–Trinajstić information content (AvgIpc) is 2.96. The molecular weight excluding hydrogens is 550 g/mol. The molecule has 0 radical (unpaired) electrons. The lowest BCUT2D eigenvalue weighted by atomic mass is 10.1.